The first-order valence-corrected chi connectivity index (χ1v) is 20.1. The van der Waals surface area contributed by atoms with Crippen LogP contribution in [0.3, 0.4) is 0 Å². The molecule has 1 unspecified atom stereocenters. The number of nitrogens with zero attached hydrogens (tertiary/aromatic N) is 4. The topological polar surface area (TPSA) is 118 Å². The van der Waals surface area contributed by atoms with Crippen LogP contribution in [0, 0.1) is 6.92 Å². The van der Waals surface area contributed by atoms with E-state index in [4.69, 9.17) is 25.8 Å². The summed E-state index contributed by atoms with van der Waals surface area (Å²) in [5.41, 5.74) is -1.34. The Kier molecular flexibility index (Phi) is 12.2. The van der Waals surface area contributed by atoms with Crippen molar-refractivity contribution < 1.29 is 50.1 Å². The van der Waals surface area contributed by atoms with Gasteiger partial charge >= 0.3 is 6.36 Å². The maximum Gasteiger partial charge on any atom is 0.573 e. The monoisotopic (exact) mass is 822 g/mol. The second-order valence-electron chi connectivity index (χ2n) is 14.4. The molecule has 0 saturated carbocycles. The Morgan fingerprint density at radius 2 is 1.70 bits per heavy atom. The lowest BCUT2D eigenvalue weighted by Gasteiger charge is -2.42. The summed E-state index contributed by atoms with van der Waals surface area (Å²) in [6.07, 6.45) is -1.44. The SMILES string of the molecule is COc1ccc(S(=O)(=O)N2C(=O)C(c3cc(C)ccc3OC)(N3C[C@H](OCCCN4CCCCC4)C[C@H]3C(=O)N(C)C)c3cc(Cl)ccc32)c(OC(F)(F)F)c1. The summed E-state index contributed by atoms with van der Waals surface area (Å²) in [5.74, 6) is -2.49. The van der Waals surface area contributed by atoms with E-state index in [1.54, 1.807) is 44.1 Å². The number of hydrogen-bond acceptors (Lipinski definition) is 10. The van der Waals surface area contributed by atoms with Crippen LogP contribution in [0.25, 0.3) is 0 Å². The molecule has 6 rings (SSSR count). The number of benzene rings is 3. The number of sulfonamides is 1. The molecule has 56 heavy (non-hydrogen) atoms. The Hall–Kier alpha value is -4.09. The number of carbonyl (C=O) groups is 2. The van der Waals surface area contributed by atoms with Crippen molar-refractivity contribution in [1.29, 1.82) is 0 Å². The van der Waals surface area contributed by atoms with Gasteiger partial charge in [-0.15, -0.1) is 13.2 Å². The molecule has 17 heteroatoms. The van der Waals surface area contributed by atoms with Crippen molar-refractivity contribution in [3.63, 3.8) is 0 Å². The third-order valence-electron chi connectivity index (χ3n) is 10.5. The summed E-state index contributed by atoms with van der Waals surface area (Å²) in [7, 11) is 0.538. The number of aryl methyl sites for hydroxylation is 1. The quantitative estimate of drug-likeness (QED) is 0.191. The van der Waals surface area contributed by atoms with Gasteiger partial charge in [0.15, 0.2) is 11.3 Å². The number of piperidine rings is 1. The minimum Gasteiger partial charge on any atom is -0.497 e. The fraction of sp³-hybridized carbons (Fsp3) is 0.487. The average molecular weight is 823 g/mol. The van der Waals surface area contributed by atoms with Gasteiger partial charge in [0.1, 0.15) is 16.4 Å². The molecule has 3 atom stereocenters. The zero-order valence-electron chi connectivity index (χ0n) is 31.9. The molecule has 0 N–H and O–H groups in total. The molecule has 304 valence electrons. The highest BCUT2D eigenvalue weighted by Crippen LogP contribution is 2.55. The number of methoxy groups -OCH3 is 2. The van der Waals surface area contributed by atoms with Crippen LogP contribution in [0.1, 0.15) is 48.8 Å². The van der Waals surface area contributed by atoms with Crippen molar-refractivity contribution in [2.45, 2.75) is 68.0 Å². The van der Waals surface area contributed by atoms with Gasteiger partial charge in [0.25, 0.3) is 15.9 Å². The third-order valence-corrected chi connectivity index (χ3v) is 12.5. The second-order valence-corrected chi connectivity index (χ2v) is 16.6. The number of ether oxygens (including phenoxy) is 4. The van der Waals surface area contributed by atoms with E-state index in [0.717, 1.165) is 57.1 Å². The Morgan fingerprint density at radius 3 is 2.36 bits per heavy atom. The van der Waals surface area contributed by atoms with E-state index in [1.165, 1.54) is 43.7 Å². The molecular weight excluding hydrogens is 777 g/mol. The van der Waals surface area contributed by atoms with Gasteiger partial charge in [-0.05, 0) is 88.2 Å². The van der Waals surface area contributed by atoms with Crippen molar-refractivity contribution in [3.05, 3.63) is 76.3 Å². The van der Waals surface area contributed by atoms with Crippen molar-refractivity contribution in [1.82, 2.24) is 14.7 Å². The smallest absolute Gasteiger partial charge is 0.497 e. The highest BCUT2D eigenvalue weighted by molar-refractivity contribution is 7.93. The van der Waals surface area contributed by atoms with Gasteiger partial charge in [-0.25, -0.2) is 12.7 Å². The number of rotatable bonds is 13. The van der Waals surface area contributed by atoms with E-state index in [2.05, 4.69) is 9.64 Å². The molecule has 0 aliphatic carbocycles. The summed E-state index contributed by atoms with van der Waals surface area (Å²) in [5, 5.41) is 0.137. The predicted molar refractivity (Wildman–Crippen MR) is 203 cm³/mol. The fourth-order valence-corrected chi connectivity index (χ4v) is 9.79. The van der Waals surface area contributed by atoms with Crippen LogP contribution in [0.4, 0.5) is 18.9 Å². The maximum absolute atomic E-state index is 15.7. The summed E-state index contributed by atoms with van der Waals surface area (Å²) in [4.78, 5) is 34.4. The molecule has 3 aliphatic heterocycles. The summed E-state index contributed by atoms with van der Waals surface area (Å²) in [6.45, 7) is 5.07. The van der Waals surface area contributed by atoms with Gasteiger partial charge in [0.05, 0.1) is 32.1 Å². The molecule has 12 nitrogen and oxygen atoms in total. The predicted octanol–water partition coefficient (Wildman–Crippen LogP) is 5.97. The normalized spacial score (nSPS) is 21.9. The highest BCUT2D eigenvalue weighted by atomic mass is 35.5. The minimum atomic E-state index is -5.30. The molecule has 3 aromatic rings. The first kappa shape index (κ1) is 41.5. The molecule has 2 fully saturated rings. The molecule has 0 spiro atoms. The standard InChI is InChI=1S/C39H46ClF3N4O8S/c1-25-10-14-33(53-5)30(20-25)38(46-24-28(22-32(46)36(48)44(2)3)54-19-9-18-45-16-7-6-8-17-45)29-21-26(40)11-13-31(29)47(37(38)49)56(50,51)35-15-12-27(52-4)23-34(35)55-39(41,42)43/h10-15,20-21,23,28,32H,6-9,16-19,22,24H2,1-5H3/t28-,32+,38?/m1/s1. The highest BCUT2D eigenvalue weighted by Gasteiger charge is 2.64. The van der Waals surface area contributed by atoms with Gasteiger partial charge in [-0.2, -0.15) is 0 Å². The van der Waals surface area contributed by atoms with E-state index < -0.39 is 50.6 Å². The zero-order valence-corrected chi connectivity index (χ0v) is 33.5. The van der Waals surface area contributed by atoms with Crippen LogP contribution in [-0.2, 0) is 29.9 Å². The Labute approximate surface area is 330 Å². The molecule has 3 aliphatic rings. The molecule has 0 radical (unpaired) electrons. The number of likely N-dealkylation sites (tertiary alicyclic amines) is 2. The molecule has 0 aromatic heterocycles. The number of carbonyl (C=O) groups excluding carboxylic acids is 2. The first-order valence-electron chi connectivity index (χ1n) is 18.3. The molecule has 2 amide bonds. The summed E-state index contributed by atoms with van der Waals surface area (Å²) < 4.78 is 93.0. The lowest BCUT2D eigenvalue weighted by atomic mass is 9.80. The van der Waals surface area contributed by atoms with E-state index in [1.807, 2.05) is 0 Å². The lowest BCUT2D eigenvalue weighted by Crippen LogP contribution is -2.59. The van der Waals surface area contributed by atoms with Gasteiger partial charge in [0, 0.05) is 56.0 Å². The summed E-state index contributed by atoms with van der Waals surface area (Å²) in [6, 6.07) is 11.0. The van der Waals surface area contributed by atoms with Crippen molar-refractivity contribution >= 4 is 39.1 Å². The van der Waals surface area contributed by atoms with Gasteiger partial charge in [-0.3, -0.25) is 14.5 Å². The van der Waals surface area contributed by atoms with Crippen LogP contribution in [0.5, 0.6) is 17.2 Å². The van der Waals surface area contributed by atoms with Gasteiger partial charge < -0.3 is 28.7 Å². The maximum atomic E-state index is 15.7. The largest absolute Gasteiger partial charge is 0.573 e. The number of hydrogen-bond donors (Lipinski definition) is 0. The average Bonchev–Trinajstić information content (AvgIpc) is 3.69. The van der Waals surface area contributed by atoms with Crippen molar-refractivity contribution in [2.24, 2.45) is 0 Å². The number of alkyl halides is 3. The zero-order chi connectivity index (χ0) is 40.6. The summed E-state index contributed by atoms with van der Waals surface area (Å²) >= 11 is 6.64. The van der Waals surface area contributed by atoms with Crippen LogP contribution < -0.4 is 18.5 Å². The fourth-order valence-electron chi connectivity index (χ4n) is 8.06. The van der Waals surface area contributed by atoms with Crippen LogP contribution in [-0.4, -0.2) is 115 Å². The molecule has 2 saturated heterocycles. The van der Waals surface area contributed by atoms with Crippen LogP contribution in [0.2, 0.25) is 5.02 Å². The Morgan fingerprint density at radius 1 is 0.964 bits per heavy atom. The number of anilines is 1. The molecule has 0 bridgehead atoms. The molecular formula is C39H46ClF3N4O8S. The molecule has 3 heterocycles. The van der Waals surface area contributed by atoms with Gasteiger partial charge in [-0.1, -0.05) is 29.7 Å². The Bertz CT molecular complexity index is 2060. The van der Waals surface area contributed by atoms with E-state index in [0.29, 0.717) is 16.5 Å². The van der Waals surface area contributed by atoms with Crippen LogP contribution >= 0.6 is 11.6 Å². The van der Waals surface area contributed by atoms with E-state index in [9.17, 15) is 26.4 Å². The molecule has 3 aromatic carbocycles. The van der Waals surface area contributed by atoms with Gasteiger partial charge in [0.2, 0.25) is 5.91 Å². The number of fused-ring (bicyclic) bond motifs is 1. The van der Waals surface area contributed by atoms with Crippen molar-refractivity contribution in [2.75, 3.05) is 65.4 Å². The minimum absolute atomic E-state index is 0.00160. The van der Waals surface area contributed by atoms with Crippen LogP contribution in [0.15, 0.2) is 59.5 Å². The number of likely N-dealkylation sites (N-methyl/N-ethyl adjacent to an activating group) is 1. The number of amides is 2. The first-order chi connectivity index (χ1) is 26.5. The lowest BCUT2D eigenvalue weighted by molar-refractivity contribution is -0.275. The van der Waals surface area contributed by atoms with Crippen molar-refractivity contribution in [3.8, 4) is 17.2 Å². The Balaban J connectivity index is 1.53. The second kappa shape index (κ2) is 16.4. The van der Waals surface area contributed by atoms with E-state index in [-0.39, 0.29) is 52.2 Å². The third kappa shape index (κ3) is 7.90. The van der Waals surface area contributed by atoms with E-state index >= 15 is 4.79 Å². The number of halogens is 4.